The molecule has 4 heteroatoms. The van der Waals surface area contributed by atoms with Gasteiger partial charge in [-0.25, -0.2) is 4.52 Å². The summed E-state index contributed by atoms with van der Waals surface area (Å²) < 4.78 is 1.80. The lowest BCUT2D eigenvalue weighted by atomic mass is 10.3. The van der Waals surface area contributed by atoms with Crippen LogP contribution in [0.1, 0.15) is 0 Å². The van der Waals surface area contributed by atoms with E-state index in [9.17, 15) is 4.79 Å². The van der Waals surface area contributed by atoms with E-state index in [-0.39, 0.29) is 5.56 Å². The normalized spacial score (nSPS) is 11.1. The molecule has 3 rings (SSSR count). The van der Waals surface area contributed by atoms with Crippen molar-refractivity contribution < 1.29 is 0 Å². The monoisotopic (exact) mass is 185 g/mol. The molecule has 0 amide bonds. The molecule has 0 aromatic carbocycles. The average molecular weight is 185 g/mol. The van der Waals surface area contributed by atoms with Crippen molar-refractivity contribution in [3.63, 3.8) is 0 Å². The minimum absolute atomic E-state index is 0.0935. The minimum atomic E-state index is -0.0935. The number of hydrogen-bond acceptors (Lipinski definition) is 2. The molecule has 14 heavy (non-hydrogen) atoms. The van der Waals surface area contributed by atoms with Crippen LogP contribution < -0.4 is 5.56 Å². The highest BCUT2D eigenvalue weighted by atomic mass is 16.1. The first-order valence-electron chi connectivity index (χ1n) is 4.30. The Balaban J connectivity index is 2.63. The van der Waals surface area contributed by atoms with Crippen LogP contribution in [-0.2, 0) is 0 Å². The standard InChI is InChI=1S/C10H7N3O/c14-10-4-3-9-8(12-10)2-1-7-5-6-11-13(7)9/h1-6H,(H,12,14). The second-order valence-electron chi connectivity index (χ2n) is 3.12. The van der Waals surface area contributed by atoms with E-state index in [0.717, 1.165) is 16.6 Å². The van der Waals surface area contributed by atoms with Gasteiger partial charge >= 0.3 is 0 Å². The van der Waals surface area contributed by atoms with Crippen LogP contribution in [-0.4, -0.2) is 14.6 Å². The molecule has 0 aliphatic heterocycles. The van der Waals surface area contributed by atoms with Crippen molar-refractivity contribution in [2.45, 2.75) is 0 Å². The molecule has 0 radical (unpaired) electrons. The molecule has 0 aliphatic rings. The molecular formula is C10H7N3O. The summed E-state index contributed by atoms with van der Waals surface area (Å²) in [5.41, 5.74) is 2.63. The third kappa shape index (κ3) is 0.877. The fourth-order valence-corrected chi connectivity index (χ4v) is 1.60. The van der Waals surface area contributed by atoms with Crippen molar-refractivity contribution >= 4 is 16.6 Å². The predicted octanol–water partition coefficient (Wildman–Crippen LogP) is 1.18. The molecule has 0 saturated carbocycles. The summed E-state index contributed by atoms with van der Waals surface area (Å²) in [6, 6.07) is 9.00. The fraction of sp³-hybridized carbons (Fsp3) is 0. The smallest absolute Gasteiger partial charge is 0.248 e. The number of aromatic nitrogens is 3. The van der Waals surface area contributed by atoms with Gasteiger partial charge in [0.15, 0.2) is 0 Å². The first kappa shape index (κ1) is 7.32. The maximum Gasteiger partial charge on any atom is 0.248 e. The summed E-state index contributed by atoms with van der Waals surface area (Å²) in [4.78, 5) is 13.8. The zero-order chi connectivity index (χ0) is 9.54. The van der Waals surface area contributed by atoms with Gasteiger partial charge < -0.3 is 4.98 Å². The molecule has 0 unspecified atom stereocenters. The van der Waals surface area contributed by atoms with Gasteiger partial charge in [-0.1, -0.05) is 0 Å². The highest BCUT2D eigenvalue weighted by Crippen LogP contribution is 2.11. The molecule has 0 bridgehead atoms. The van der Waals surface area contributed by atoms with Gasteiger partial charge in [-0.05, 0) is 24.3 Å². The molecule has 0 spiro atoms. The summed E-state index contributed by atoms with van der Waals surface area (Å²) >= 11 is 0. The van der Waals surface area contributed by atoms with E-state index in [2.05, 4.69) is 10.1 Å². The van der Waals surface area contributed by atoms with Crippen LogP contribution in [0.25, 0.3) is 16.6 Å². The molecule has 4 nitrogen and oxygen atoms in total. The SMILES string of the molecule is O=c1ccc2c(ccc3ccnn32)[nH]1. The Hall–Kier alpha value is -2.10. The summed E-state index contributed by atoms with van der Waals surface area (Å²) in [5, 5.41) is 4.17. The predicted molar refractivity (Wildman–Crippen MR) is 53.3 cm³/mol. The number of nitrogens with zero attached hydrogens (tertiary/aromatic N) is 2. The van der Waals surface area contributed by atoms with Gasteiger partial charge in [0.25, 0.3) is 0 Å². The highest BCUT2D eigenvalue weighted by molar-refractivity contribution is 5.78. The second kappa shape index (κ2) is 2.45. The van der Waals surface area contributed by atoms with E-state index in [1.807, 2.05) is 18.2 Å². The summed E-state index contributed by atoms with van der Waals surface area (Å²) in [6.07, 6.45) is 1.74. The van der Waals surface area contributed by atoms with Gasteiger partial charge in [0.05, 0.1) is 22.7 Å². The maximum atomic E-state index is 11.1. The van der Waals surface area contributed by atoms with Crippen LogP contribution in [0.3, 0.4) is 0 Å². The Morgan fingerprint density at radius 2 is 2.07 bits per heavy atom. The molecule has 68 valence electrons. The summed E-state index contributed by atoms with van der Waals surface area (Å²) in [5.74, 6) is 0. The molecule has 3 aromatic heterocycles. The lowest BCUT2D eigenvalue weighted by molar-refractivity contribution is 0.999. The number of rotatable bonds is 0. The number of pyridine rings is 2. The zero-order valence-electron chi connectivity index (χ0n) is 7.27. The summed E-state index contributed by atoms with van der Waals surface area (Å²) in [6.45, 7) is 0. The lowest BCUT2D eigenvalue weighted by Gasteiger charge is -1.99. The van der Waals surface area contributed by atoms with Crippen LogP contribution in [0.15, 0.2) is 41.3 Å². The first-order chi connectivity index (χ1) is 6.84. The van der Waals surface area contributed by atoms with Gasteiger partial charge in [-0.3, -0.25) is 4.79 Å². The second-order valence-corrected chi connectivity index (χ2v) is 3.12. The summed E-state index contributed by atoms with van der Waals surface area (Å²) in [7, 11) is 0. The van der Waals surface area contributed by atoms with Crippen LogP contribution in [0, 0.1) is 0 Å². The molecule has 0 aliphatic carbocycles. The molecule has 0 saturated heterocycles. The van der Waals surface area contributed by atoms with Crippen LogP contribution in [0.4, 0.5) is 0 Å². The fourth-order valence-electron chi connectivity index (χ4n) is 1.60. The van der Waals surface area contributed by atoms with Crippen LogP contribution in [0.2, 0.25) is 0 Å². The lowest BCUT2D eigenvalue weighted by Crippen LogP contribution is -2.04. The quantitative estimate of drug-likeness (QED) is 0.571. The van der Waals surface area contributed by atoms with Gasteiger partial charge in [0.1, 0.15) is 0 Å². The number of H-pyrrole nitrogens is 1. The van der Waals surface area contributed by atoms with E-state index >= 15 is 0 Å². The molecular weight excluding hydrogens is 178 g/mol. The Bertz CT molecular complexity index is 665. The van der Waals surface area contributed by atoms with E-state index in [4.69, 9.17) is 0 Å². The molecule has 0 fully saturated rings. The number of fused-ring (bicyclic) bond motifs is 3. The molecule has 3 heterocycles. The largest absolute Gasteiger partial charge is 0.321 e. The van der Waals surface area contributed by atoms with Crippen molar-refractivity contribution in [3.05, 3.63) is 46.9 Å². The van der Waals surface area contributed by atoms with Gasteiger partial charge in [-0.15, -0.1) is 0 Å². The highest BCUT2D eigenvalue weighted by Gasteiger charge is 1.99. The topological polar surface area (TPSA) is 50.2 Å². The van der Waals surface area contributed by atoms with E-state index in [0.29, 0.717) is 0 Å². The Morgan fingerprint density at radius 1 is 1.14 bits per heavy atom. The molecule has 3 aromatic rings. The number of hydrogen-bond donors (Lipinski definition) is 1. The Morgan fingerprint density at radius 3 is 3.00 bits per heavy atom. The van der Waals surface area contributed by atoms with Gasteiger partial charge in [-0.2, -0.15) is 5.10 Å². The van der Waals surface area contributed by atoms with Crippen molar-refractivity contribution in [3.8, 4) is 0 Å². The van der Waals surface area contributed by atoms with Gasteiger partial charge in [0.2, 0.25) is 5.56 Å². The third-order valence-electron chi connectivity index (χ3n) is 2.25. The van der Waals surface area contributed by atoms with Crippen molar-refractivity contribution in [2.75, 3.05) is 0 Å². The van der Waals surface area contributed by atoms with Crippen molar-refractivity contribution in [2.24, 2.45) is 0 Å². The van der Waals surface area contributed by atoms with Crippen LogP contribution in [0.5, 0.6) is 0 Å². The van der Waals surface area contributed by atoms with Crippen molar-refractivity contribution in [1.82, 2.24) is 14.6 Å². The first-order valence-corrected chi connectivity index (χ1v) is 4.30. The van der Waals surface area contributed by atoms with E-state index in [1.165, 1.54) is 6.07 Å². The number of nitrogens with one attached hydrogen (secondary N) is 1. The molecule has 1 N–H and O–H groups in total. The van der Waals surface area contributed by atoms with Crippen molar-refractivity contribution in [1.29, 1.82) is 0 Å². The Labute approximate surface area is 78.8 Å². The van der Waals surface area contributed by atoms with Gasteiger partial charge in [0, 0.05) is 6.07 Å². The van der Waals surface area contributed by atoms with E-state index in [1.54, 1.807) is 16.8 Å². The average Bonchev–Trinajstić information content (AvgIpc) is 2.65. The maximum absolute atomic E-state index is 11.1. The zero-order valence-corrected chi connectivity index (χ0v) is 7.27. The van der Waals surface area contributed by atoms with Crippen LogP contribution >= 0.6 is 0 Å². The third-order valence-corrected chi connectivity index (χ3v) is 2.25. The minimum Gasteiger partial charge on any atom is -0.321 e. The molecule has 0 atom stereocenters. The number of aromatic amines is 1. The van der Waals surface area contributed by atoms with E-state index < -0.39 is 0 Å². The Kier molecular flexibility index (Phi) is 1.28.